The topological polar surface area (TPSA) is 72.7 Å². The molecule has 0 aliphatic carbocycles. The van der Waals surface area contributed by atoms with Crippen molar-refractivity contribution >= 4 is 28.5 Å². The van der Waals surface area contributed by atoms with E-state index in [9.17, 15) is 4.79 Å². The second kappa shape index (κ2) is 5.89. The number of aromatic nitrogens is 4. The molecule has 0 atom stereocenters. The number of amides is 1. The van der Waals surface area contributed by atoms with Crippen molar-refractivity contribution in [2.24, 2.45) is 0 Å². The molecule has 0 aliphatic rings. The van der Waals surface area contributed by atoms with Crippen molar-refractivity contribution in [3.05, 3.63) is 27.8 Å². The second-order valence-corrected chi connectivity index (χ2v) is 4.74. The quantitative estimate of drug-likeness (QED) is 0.832. The Morgan fingerprint density at radius 3 is 2.94 bits per heavy atom. The lowest BCUT2D eigenvalue weighted by Gasteiger charge is -1.99. The van der Waals surface area contributed by atoms with E-state index < -0.39 is 0 Å². The Morgan fingerprint density at radius 2 is 2.22 bits per heavy atom. The number of likely N-dealkylation sites (N-methyl/N-ethyl adjacent to an activating group) is 1. The average molecular weight is 357 g/mol. The number of hydrogen-bond donors (Lipinski definition) is 1. The number of nitrogens with zero attached hydrogens (tertiary/aromatic N) is 4. The van der Waals surface area contributed by atoms with Gasteiger partial charge in [0.2, 0.25) is 11.7 Å². The number of carbonyl (C=O) groups excluding carboxylic acids is 1. The van der Waals surface area contributed by atoms with Crippen molar-refractivity contribution in [2.45, 2.75) is 13.5 Å². The lowest BCUT2D eigenvalue weighted by Crippen LogP contribution is -2.28. The molecule has 1 aromatic heterocycles. The van der Waals surface area contributed by atoms with Gasteiger partial charge in [-0.3, -0.25) is 4.79 Å². The van der Waals surface area contributed by atoms with Crippen LogP contribution in [-0.4, -0.2) is 32.7 Å². The van der Waals surface area contributed by atoms with Crippen molar-refractivity contribution in [1.29, 1.82) is 0 Å². The summed E-state index contributed by atoms with van der Waals surface area (Å²) in [4.78, 5) is 12.7. The molecule has 2 aromatic rings. The molecule has 1 aromatic carbocycles. The summed E-state index contributed by atoms with van der Waals surface area (Å²) in [6.07, 6.45) is 0. The van der Waals surface area contributed by atoms with Gasteiger partial charge < -0.3 is 5.32 Å². The Labute approximate surface area is 118 Å². The summed E-state index contributed by atoms with van der Waals surface area (Å²) in [5.41, 5.74) is 0.917. The molecule has 0 saturated carbocycles. The van der Waals surface area contributed by atoms with Gasteiger partial charge in [0.15, 0.2) is 0 Å². The van der Waals surface area contributed by atoms with E-state index in [-0.39, 0.29) is 12.5 Å². The standard InChI is InChI=1S/C11H12IN5O/c1-2-13-10(18)7-17-15-11(14-16-17)8-5-3-4-6-9(8)12/h3-6H,2,7H2,1H3,(H,13,18). The van der Waals surface area contributed by atoms with Crippen LogP contribution in [0.1, 0.15) is 6.92 Å². The van der Waals surface area contributed by atoms with E-state index in [1.54, 1.807) is 0 Å². The highest BCUT2D eigenvalue weighted by atomic mass is 127. The minimum atomic E-state index is -0.121. The first kappa shape index (κ1) is 12.9. The fraction of sp³-hybridized carbons (Fsp3) is 0.273. The summed E-state index contributed by atoms with van der Waals surface area (Å²) >= 11 is 2.22. The van der Waals surface area contributed by atoms with Crippen LogP contribution in [0.3, 0.4) is 0 Å². The molecule has 0 aliphatic heterocycles. The van der Waals surface area contributed by atoms with Gasteiger partial charge in [-0.25, -0.2) is 0 Å². The van der Waals surface area contributed by atoms with Gasteiger partial charge >= 0.3 is 0 Å². The van der Waals surface area contributed by atoms with Crippen molar-refractivity contribution in [1.82, 2.24) is 25.5 Å². The van der Waals surface area contributed by atoms with Crippen LogP contribution >= 0.6 is 22.6 Å². The number of carbonyl (C=O) groups is 1. The van der Waals surface area contributed by atoms with Crippen molar-refractivity contribution in [2.75, 3.05) is 6.54 Å². The monoisotopic (exact) mass is 357 g/mol. The van der Waals surface area contributed by atoms with E-state index >= 15 is 0 Å². The third kappa shape index (κ3) is 3.03. The van der Waals surface area contributed by atoms with E-state index in [1.807, 2.05) is 31.2 Å². The fourth-order valence-corrected chi connectivity index (χ4v) is 2.07. The highest BCUT2D eigenvalue weighted by molar-refractivity contribution is 14.1. The summed E-state index contributed by atoms with van der Waals surface area (Å²) in [5, 5.41) is 14.7. The number of halogens is 1. The van der Waals surface area contributed by atoms with E-state index in [0.29, 0.717) is 12.4 Å². The highest BCUT2D eigenvalue weighted by Gasteiger charge is 2.10. The lowest BCUT2D eigenvalue weighted by molar-refractivity contribution is -0.121. The van der Waals surface area contributed by atoms with Gasteiger partial charge in [0, 0.05) is 15.7 Å². The van der Waals surface area contributed by atoms with Gasteiger partial charge in [-0.1, -0.05) is 12.1 Å². The number of nitrogens with one attached hydrogen (secondary N) is 1. The molecular weight excluding hydrogens is 345 g/mol. The van der Waals surface area contributed by atoms with Gasteiger partial charge in [-0.15, -0.1) is 10.2 Å². The lowest BCUT2D eigenvalue weighted by atomic mass is 10.2. The minimum absolute atomic E-state index is 0.0876. The Hall–Kier alpha value is -1.51. The zero-order valence-electron chi connectivity index (χ0n) is 9.80. The summed E-state index contributed by atoms with van der Waals surface area (Å²) < 4.78 is 1.05. The first-order valence-electron chi connectivity index (χ1n) is 5.50. The molecule has 94 valence electrons. The van der Waals surface area contributed by atoms with Crippen LogP contribution < -0.4 is 5.32 Å². The molecule has 1 N–H and O–H groups in total. The predicted octanol–water partition coefficient (Wildman–Crippen LogP) is 1.08. The Balaban J connectivity index is 2.16. The smallest absolute Gasteiger partial charge is 0.243 e. The fourth-order valence-electron chi connectivity index (χ4n) is 1.44. The van der Waals surface area contributed by atoms with Crippen LogP contribution in [0.25, 0.3) is 11.4 Å². The molecule has 0 unspecified atom stereocenters. The van der Waals surface area contributed by atoms with E-state index in [1.165, 1.54) is 4.80 Å². The maximum absolute atomic E-state index is 11.4. The molecular formula is C11H12IN5O. The Morgan fingerprint density at radius 1 is 1.44 bits per heavy atom. The molecule has 0 radical (unpaired) electrons. The van der Waals surface area contributed by atoms with Crippen molar-refractivity contribution in [3.63, 3.8) is 0 Å². The van der Waals surface area contributed by atoms with E-state index in [0.717, 1.165) is 9.13 Å². The van der Waals surface area contributed by atoms with Gasteiger partial charge in [-0.2, -0.15) is 4.80 Å². The maximum atomic E-state index is 11.4. The molecule has 1 heterocycles. The number of rotatable bonds is 4. The molecule has 18 heavy (non-hydrogen) atoms. The van der Waals surface area contributed by atoms with Crippen LogP contribution in [0.2, 0.25) is 0 Å². The van der Waals surface area contributed by atoms with E-state index in [4.69, 9.17) is 0 Å². The molecule has 6 nitrogen and oxygen atoms in total. The van der Waals surface area contributed by atoms with Crippen molar-refractivity contribution in [3.8, 4) is 11.4 Å². The minimum Gasteiger partial charge on any atom is -0.355 e. The summed E-state index contributed by atoms with van der Waals surface area (Å²) in [5.74, 6) is 0.411. The Kier molecular flexibility index (Phi) is 4.24. The van der Waals surface area contributed by atoms with Crippen molar-refractivity contribution < 1.29 is 4.79 Å². The van der Waals surface area contributed by atoms with Gasteiger partial charge in [0.05, 0.1) is 0 Å². The number of tetrazole rings is 1. The van der Waals surface area contributed by atoms with E-state index in [2.05, 4.69) is 43.3 Å². The SMILES string of the molecule is CCNC(=O)Cn1nnc(-c2ccccc2I)n1. The molecule has 0 bridgehead atoms. The zero-order valence-corrected chi connectivity index (χ0v) is 12.0. The zero-order chi connectivity index (χ0) is 13.0. The molecule has 0 fully saturated rings. The number of hydrogen-bond acceptors (Lipinski definition) is 4. The van der Waals surface area contributed by atoms with Crippen LogP contribution in [-0.2, 0) is 11.3 Å². The molecule has 7 heteroatoms. The predicted molar refractivity (Wildman–Crippen MR) is 74.7 cm³/mol. The molecule has 1 amide bonds. The third-order valence-corrected chi connectivity index (χ3v) is 3.17. The van der Waals surface area contributed by atoms with Crippen LogP contribution in [0.4, 0.5) is 0 Å². The second-order valence-electron chi connectivity index (χ2n) is 3.58. The van der Waals surface area contributed by atoms with Gasteiger partial charge in [-0.05, 0) is 46.9 Å². The first-order chi connectivity index (χ1) is 8.70. The molecule has 0 spiro atoms. The first-order valence-corrected chi connectivity index (χ1v) is 6.58. The number of benzene rings is 1. The Bertz CT molecular complexity index is 554. The van der Waals surface area contributed by atoms with Crippen LogP contribution in [0.15, 0.2) is 24.3 Å². The van der Waals surface area contributed by atoms with Gasteiger partial charge in [0.1, 0.15) is 6.54 Å². The molecule has 2 rings (SSSR count). The molecule has 0 saturated heterocycles. The third-order valence-electron chi connectivity index (χ3n) is 2.23. The highest BCUT2D eigenvalue weighted by Crippen LogP contribution is 2.20. The largest absolute Gasteiger partial charge is 0.355 e. The van der Waals surface area contributed by atoms with Crippen LogP contribution in [0.5, 0.6) is 0 Å². The maximum Gasteiger partial charge on any atom is 0.243 e. The summed E-state index contributed by atoms with van der Waals surface area (Å²) in [7, 11) is 0. The summed E-state index contributed by atoms with van der Waals surface area (Å²) in [6.45, 7) is 2.55. The average Bonchev–Trinajstić information content (AvgIpc) is 2.78. The van der Waals surface area contributed by atoms with Gasteiger partial charge in [0.25, 0.3) is 0 Å². The normalized spacial score (nSPS) is 10.3. The summed E-state index contributed by atoms with van der Waals surface area (Å²) in [6, 6.07) is 7.77. The van der Waals surface area contributed by atoms with Crippen LogP contribution in [0, 0.1) is 3.57 Å².